The summed E-state index contributed by atoms with van der Waals surface area (Å²) in [6.07, 6.45) is 2.63. The Hall–Kier alpha value is -3.64. The van der Waals surface area contributed by atoms with Crippen molar-refractivity contribution >= 4 is 35.0 Å². The maximum absolute atomic E-state index is 12.8. The largest absolute Gasteiger partial charge is 0.444 e. The Morgan fingerprint density at radius 3 is 2.20 bits per heavy atom. The predicted octanol–water partition coefficient (Wildman–Crippen LogP) is 3.54. The maximum Gasteiger partial charge on any atom is 0.410 e. The highest BCUT2D eigenvalue weighted by Gasteiger charge is 2.33. The van der Waals surface area contributed by atoms with Gasteiger partial charge in [0.05, 0.1) is 5.69 Å². The first-order valence-electron chi connectivity index (χ1n) is 16.4. The van der Waals surface area contributed by atoms with Crippen molar-refractivity contribution in [2.24, 2.45) is 5.73 Å². The number of carbonyl (C=O) groups is 2. The number of aromatic nitrogens is 2. The molecule has 3 aliphatic heterocycles. The number of hydrogen-bond acceptors (Lipinski definition) is 10. The van der Waals surface area contributed by atoms with Crippen LogP contribution in [0.15, 0.2) is 24.3 Å². The number of piperazine rings is 2. The van der Waals surface area contributed by atoms with Gasteiger partial charge in [0.2, 0.25) is 0 Å². The number of primary amides is 1. The molecule has 3 aliphatic rings. The Balaban J connectivity index is 1.26. The van der Waals surface area contributed by atoms with Gasteiger partial charge in [-0.3, -0.25) is 9.69 Å². The van der Waals surface area contributed by atoms with E-state index in [0.29, 0.717) is 49.4 Å². The zero-order valence-electron chi connectivity index (χ0n) is 27.9. The summed E-state index contributed by atoms with van der Waals surface area (Å²) in [5.41, 5.74) is 8.03. The van der Waals surface area contributed by atoms with E-state index < -0.39 is 11.5 Å². The molecule has 12 nitrogen and oxygen atoms in total. The fraction of sp³-hybridized carbons (Fsp3) is 0.636. The molecule has 0 unspecified atom stereocenters. The number of ether oxygens (including phenoxy) is 1. The number of aryl methyl sites for hydroxylation is 1. The highest BCUT2D eigenvalue weighted by Crippen LogP contribution is 2.29. The molecule has 3 N–H and O–H groups in total. The molecule has 0 aliphatic carbocycles. The quantitative estimate of drug-likeness (QED) is 0.475. The van der Waals surface area contributed by atoms with Gasteiger partial charge in [0.25, 0.3) is 5.91 Å². The summed E-state index contributed by atoms with van der Waals surface area (Å²) in [4.78, 5) is 46.2. The molecule has 2 aromatic rings. The molecule has 3 saturated heterocycles. The van der Waals surface area contributed by atoms with E-state index in [9.17, 15) is 9.59 Å². The van der Waals surface area contributed by atoms with E-state index in [1.807, 2.05) is 46.8 Å². The van der Waals surface area contributed by atoms with Crippen molar-refractivity contribution in [2.45, 2.75) is 71.6 Å². The Kier molecular flexibility index (Phi) is 10.0. The lowest BCUT2D eigenvalue weighted by atomic mass is 10.0. The molecule has 2 amide bonds. The van der Waals surface area contributed by atoms with Crippen LogP contribution in [0.5, 0.6) is 0 Å². The summed E-state index contributed by atoms with van der Waals surface area (Å²) < 4.78 is 5.61. The van der Waals surface area contributed by atoms with Crippen LogP contribution in [0.4, 0.5) is 27.8 Å². The van der Waals surface area contributed by atoms with Crippen LogP contribution in [0.1, 0.15) is 63.6 Å². The first kappa shape index (κ1) is 32.7. The summed E-state index contributed by atoms with van der Waals surface area (Å²) in [6.45, 7) is 18.0. The molecular formula is C33H51N9O3. The van der Waals surface area contributed by atoms with Crippen LogP contribution in [0.2, 0.25) is 0 Å². The Morgan fingerprint density at radius 1 is 0.956 bits per heavy atom. The van der Waals surface area contributed by atoms with Crippen LogP contribution in [0, 0.1) is 0 Å². The molecule has 0 spiro atoms. The third kappa shape index (κ3) is 7.96. The Morgan fingerprint density at radius 2 is 1.62 bits per heavy atom. The highest BCUT2D eigenvalue weighted by atomic mass is 16.6. The molecule has 12 heteroatoms. The van der Waals surface area contributed by atoms with Gasteiger partial charge in [-0.1, -0.05) is 6.92 Å². The van der Waals surface area contributed by atoms with Gasteiger partial charge in [-0.05, 0) is 78.3 Å². The Bertz CT molecular complexity index is 1330. The molecule has 0 saturated carbocycles. The monoisotopic (exact) mass is 621 g/mol. The van der Waals surface area contributed by atoms with Crippen LogP contribution in [0.25, 0.3) is 0 Å². The topological polar surface area (TPSA) is 123 Å². The van der Waals surface area contributed by atoms with Gasteiger partial charge < -0.3 is 35.4 Å². The average Bonchev–Trinajstić information content (AvgIpc) is 3.00. The molecule has 1 atom stereocenters. The van der Waals surface area contributed by atoms with Crippen molar-refractivity contribution < 1.29 is 14.3 Å². The number of amides is 2. The second-order valence-electron chi connectivity index (χ2n) is 13.6. The fourth-order valence-corrected chi connectivity index (χ4v) is 6.52. The van der Waals surface area contributed by atoms with Gasteiger partial charge in [0.15, 0.2) is 17.3 Å². The first-order chi connectivity index (χ1) is 21.4. The van der Waals surface area contributed by atoms with Gasteiger partial charge in [-0.25, -0.2) is 14.8 Å². The summed E-state index contributed by atoms with van der Waals surface area (Å²) in [5, 5.41) is 3.32. The van der Waals surface area contributed by atoms with Crippen LogP contribution >= 0.6 is 0 Å². The summed E-state index contributed by atoms with van der Waals surface area (Å²) in [5.74, 6) is 0.396. The van der Waals surface area contributed by atoms with Gasteiger partial charge in [-0.2, -0.15) is 0 Å². The number of benzene rings is 1. The van der Waals surface area contributed by atoms with E-state index in [0.717, 1.165) is 31.9 Å². The molecule has 5 rings (SSSR count). The zero-order valence-corrected chi connectivity index (χ0v) is 27.9. The van der Waals surface area contributed by atoms with E-state index >= 15 is 0 Å². The molecule has 1 aromatic carbocycles. The van der Waals surface area contributed by atoms with Crippen molar-refractivity contribution in [3.05, 3.63) is 35.7 Å². The minimum absolute atomic E-state index is 0.0912. The summed E-state index contributed by atoms with van der Waals surface area (Å²) in [6, 6.07) is 8.85. The third-order valence-corrected chi connectivity index (χ3v) is 9.08. The molecular weight excluding hydrogens is 570 g/mol. The minimum atomic E-state index is -0.630. The number of likely N-dealkylation sites (N-methyl/N-ethyl adjacent to an activating group) is 1. The fourth-order valence-electron chi connectivity index (χ4n) is 6.52. The van der Waals surface area contributed by atoms with Gasteiger partial charge >= 0.3 is 6.09 Å². The van der Waals surface area contributed by atoms with E-state index in [-0.39, 0.29) is 17.8 Å². The second kappa shape index (κ2) is 13.8. The van der Waals surface area contributed by atoms with E-state index in [1.54, 1.807) is 4.90 Å². The highest BCUT2D eigenvalue weighted by molar-refractivity contribution is 5.96. The van der Waals surface area contributed by atoms with Crippen molar-refractivity contribution in [3.8, 4) is 0 Å². The average molecular weight is 622 g/mol. The van der Waals surface area contributed by atoms with Crippen LogP contribution in [-0.2, 0) is 11.2 Å². The minimum Gasteiger partial charge on any atom is -0.444 e. The number of nitrogens with two attached hydrogens (primary N) is 1. The van der Waals surface area contributed by atoms with Crippen LogP contribution in [0.3, 0.4) is 0 Å². The van der Waals surface area contributed by atoms with E-state index in [1.165, 1.54) is 31.6 Å². The maximum atomic E-state index is 12.8. The summed E-state index contributed by atoms with van der Waals surface area (Å²) in [7, 11) is 2.20. The summed E-state index contributed by atoms with van der Waals surface area (Å²) >= 11 is 0. The number of carbonyl (C=O) groups excluding carboxylic acids is 2. The molecule has 45 heavy (non-hydrogen) atoms. The molecule has 0 bridgehead atoms. The standard InChI is InChI=1S/C33H51N9O3/c1-7-27-31(41-20-21-42(23(2)22-41)32(44)45-33(3,4)5)37-30(28(36-27)29(34)43)35-24-8-10-25(11-9-24)39-14-12-26(13-15-39)40-18-16-38(6)17-19-40/h8-11,23,26H,7,12-22H2,1-6H3,(H2,34,43)(H,35,37)/t23-/m1/s1. The number of nitrogens with one attached hydrogen (secondary N) is 1. The predicted molar refractivity (Wildman–Crippen MR) is 179 cm³/mol. The number of hydrogen-bond donors (Lipinski definition) is 2. The van der Waals surface area contributed by atoms with Gasteiger partial charge in [-0.15, -0.1) is 0 Å². The van der Waals surface area contributed by atoms with Crippen molar-refractivity contribution in [3.63, 3.8) is 0 Å². The van der Waals surface area contributed by atoms with Crippen molar-refractivity contribution in [2.75, 3.05) is 81.1 Å². The molecule has 4 heterocycles. The third-order valence-electron chi connectivity index (χ3n) is 9.08. The number of rotatable bonds is 7. The molecule has 246 valence electrons. The zero-order chi connectivity index (χ0) is 32.3. The van der Waals surface area contributed by atoms with Crippen molar-refractivity contribution in [1.82, 2.24) is 24.7 Å². The molecule has 0 radical (unpaired) electrons. The van der Waals surface area contributed by atoms with Gasteiger partial charge in [0, 0.05) is 82.4 Å². The van der Waals surface area contributed by atoms with Crippen LogP contribution in [-0.4, -0.2) is 120 Å². The first-order valence-corrected chi connectivity index (χ1v) is 16.4. The SMILES string of the molecule is CCc1nc(C(N)=O)c(Nc2ccc(N3CCC(N4CCN(C)CC4)CC3)cc2)nc1N1CCN(C(=O)OC(C)(C)C)[C@H](C)C1. The number of nitrogens with zero attached hydrogens (tertiary/aromatic N) is 7. The lowest BCUT2D eigenvalue weighted by molar-refractivity contribution is 0.0158. The Labute approximate surface area is 267 Å². The lowest BCUT2D eigenvalue weighted by Crippen LogP contribution is -2.55. The molecule has 3 fully saturated rings. The van der Waals surface area contributed by atoms with Gasteiger partial charge in [0.1, 0.15) is 5.60 Å². The number of piperidine rings is 1. The van der Waals surface area contributed by atoms with Crippen LogP contribution < -0.4 is 20.9 Å². The van der Waals surface area contributed by atoms with E-state index in [2.05, 4.69) is 49.1 Å². The molecule has 1 aromatic heterocycles. The smallest absolute Gasteiger partial charge is 0.410 e. The number of anilines is 4. The normalized spacial score (nSPS) is 20.8. The lowest BCUT2D eigenvalue weighted by Gasteiger charge is -2.42. The van der Waals surface area contributed by atoms with Crippen molar-refractivity contribution in [1.29, 1.82) is 0 Å². The second-order valence-corrected chi connectivity index (χ2v) is 13.6. The van der Waals surface area contributed by atoms with E-state index in [4.69, 9.17) is 15.5 Å².